The number of rotatable bonds is 5. The van der Waals surface area contributed by atoms with E-state index >= 15 is 0 Å². The summed E-state index contributed by atoms with van der Waals surface area (Å²) < 4.78 is 11.4. The van der Waals surface area contributed by atoms with Gasteiger partial charge >= 0.3 is 0 Å². The monoisotopic (exact) mass is 615 g/mol. The number of methoxy groups -OCH3 is 2. The lowest BCUT2D eigenvalue weighted by Crippen LogP contribution is -2.39. The molecule has 1 heterocycles. The molecular formula is C32H26BrNO7. The first-order chi connectivity index (χ1) is 19.7. The lowest BCUT2D eigenvalue weighted by atomic mass is 9.59. The van der Waals surface area contributed by atoms with Crippen LogP contribution in [0.3, 0.4) is 0 Å². The molecule has 0 bridgehead atoms. The largest absolute Gasteiger partial charge is 0.508 e. The van der Waals surface area contributed by atoms with Crippen molar-refractivity contribution in [2.24, 2.45) is 17.8 Å². The van der Waals surface area contributed by atoms with Crippen LogP contribution < -0.4 is 14.4 Å². The predicted molar refractivity (Wildman–Crippen MR) is 155 cm³/mol. The molecule has 2 amide bonds. The van der Waals surface area contributed by atoms with Crippen molar-refractivity contribution in [2.45, 2.75) is 18.8 Å². The molecule has 8 nitrogen and oxygen atoms in total. The molecule has 4 atom stereocenters. The number of phenols is 1. The lowest BCUT2D eigenvalue weighted by molar-refractivity contribution is -0.123. The van der Waals surface area contributed by atoms with E-state index in [0.29, 0.717) is 23.2 Å². The highest BCUT2D eigenvalue weighted by molar-refractivity contribution is 9.12. The van der Waals surface area contributed by atoms with Crippen molar-refractivity contribution < 1.29 is 33.8 Å². The number of allylic oxidation sites excluding steroid dienone is 6. The number of hydrogen-bond donors (Lipinski definition) is 1. The number of ketones is 2. The Kier molecular flexibility index (Phi) is 6.57. The molecule has 4 aliphatic rings. The van der Waals surface area contributed by atoms with Crippen molar-refractivity contribution in [3.63, 3.8) is 0 Å². The molecule has 41 heavy (non-hydrogen) atoms. The van der Waals surface area contributed by atoms with Crippen molar-refractivity contribution in [3.05, 3.63) is 87.5 Å². The number of imide groups is 1. The van der Waals surface area contributed by atoms with Gasteiger partial charge in [-0.25, -0.2) is 0 Å². The molecular weight excluding hydrogens is 590 g/mol. The van der Waals surface area contributed by atoms with Gasteiger partial charge in [0.15, 0.2) is 11.6 Å². The van der Waals surface area contributed by atoms with Gasteiger partial charge in [0.25, 0.3) is 0 Å². The first-order valence-electron chi connectivity index (χ1n) is 13.1. The van der Waals surface area contributed by atoms with Crippen LogP contribution in [0.25, 0.3) is 6.08 Å². The fraction of sp³-hybridized carbons (Fsp3) is 0.250. The number of carbonyl (C=O) groups excluding carboxylic acids is 4. The summed E-state index contributed by atoms with van der Waals surface area (Å²) in [5.41, 5.74) is 3.14. The van der Waals surface area contributed by atoms with E-state index in [1.807, 2.05) is 6.08 Å². The third-order valence-electron chi connectivity index (χ3n) is 8.54. The first-order valence-corrected chi connectivity index (χ1v) is 13.9. The van der Waals surface area contributed by atoms with E-state index in [1.165, 1.54) is 37.3 Å². The van der Waals surface area contributed by atoms with Gasteiger partial charge in [0.2, 0.25) is 11.8 Å². The van der Waals surface area contributed by atoms with Crippen LogP contribution in [0.4, 0.5) is 5.69 Å². The zero-order valence-corrected chi connectivity index (χ0v) is 23.9. The number of hydrogen-bond acceptors (Lipinski definition) is 7. The number of amides is 2. The Morgan fingerprint density at radius 3 is 2.27 bits per heavy atom. The number of phenolic OH excluding ortho intramolecular Hbond substituents is 1. The Labute approximate surface area is 244 Å². The Bertz CT molecular complexity index is 1620. The highest BCUT2D eigenvalue weighted by atomic mass is 79.9. The second-order valence-corrected chi connectivity index (χ2v) is 11.3. The fourth-order valence-corrected chi connectivity index (χ4v) is 7.21. The highest BCUT2D eigenvalue weighted by Crippen LogP contribution is 2.58. The van der Waals surface area contributed by atoms with E-state index in [9.17, 15) is 24.3 Å². The second-order valence-electron chi connectivity index (χ2n) is 10.5. The van der Waals surface area contributed by atoms with E-state index < -0.39 is 23.7 Å². The first kappa shape index (κ1) is 27.0. The molecule has 0 radical (unpaired) electrons. The number of fused-ring (bicyclic) bond motifs is 3. The van der Waals surface area contributed by atoms with Gasteiger partial charge in [-0.3, -0.25) is 24.1 Å². The molecule has 0 aromatic heterocycles. The highest BCUT2D eigenvalue weighted by Gasteiger charge is 2.57. The topological polar surface area (TPSA) is 110 Å². The van der Waals surface area contributed by atoms with Crippen molar-refractivity contribution in [1.29, 1.82) is 0 Å². The average molecular weight is 616 g/mol. The van der Waals surface area contributed by atoms with Crippen molar-refractivity contribution in [2.75, 3.05) is 19.1 Å². The second kappa shape index (κ2) is 9.99. The number of halogens is 1. The molecule has 0 spiro atoms. The molecule has 6 rings (SSSR count). The minimum Gasteiger partial charge on any atom is -0.508 e. The van der Waals surface area contributed by atoms with E-state index in [2.05, 4.69) is 22.5 Å². The summed E-state index contributed by atoms with van der Waals surface area (Å²) in [7, 11) is 2.88. The zero-order valence-electron chi connectivity index (χ0n) is 22.3. The Morgan fingerprint density at radius 1 is 1.00 bits per heavy atom. The fourth-order valence-electron chi connectivity index (χ4n) is 6.76. The lowest BCUT2D eigenvalue weighted by Gasteiger charge is -2.42. The van der Waals surface area contributed by atoms with E-state index in [1.54, 1.807) is 30.3 Å². The molecule has 3 aliphatic carbocycles. The Balaban J connectivity index is 1.52. The van der Waals surface area contributed by atoms with E-state index in [-0.39, 0.29) is 57.1 Å². The SMILES string of the molecule is C=Cc1ccc(N2C(=O)C3CC=C4C(c5c(OC)cc(O)cc5OC)C5=C(CC4C3C2=O)C(=O)C(Br)=CC5=O)cc1. The number of ether oxygens (including phenoxy) is 2. The maximum Gasteiger partial charge on any atom is 0.238 e. The minimum absolute atomic E-state index is 0.0925. The molecule has 1 aliphatic heterocycles. The average Bonchev–Trinajstić information content (AvgIpc) is 3.23. The maximum atomic E-state index is 14.1. The van der Waals surface area contributed by atoms with Gasteiger partial charge in [0, 0.05) is 40.8 Å². The van der Waals surface area contributed by atoms with Gasteiger partial charge in [0.05, 0.1) is 36.2 Å². The van der Waals surface area contributed by atoms with Gasteiger partial charge in [-0.1, -0.05) is 36.4 Å². The van der Waals surface area contributed by atoms with Crippen LogP contribution in [0.1, 0.15) is 29.9 Å². The Morgan fingerprint density at radius 2 is 1.66 bits per heavy atom. The van der Waals surface area contributed by atoms with Crippen LogP contribution in [-0.2, 0) is 19.2 Å². The summed E-state index contributed by atoms with van der Waals surface area (Å²) in [6.07, 6.45) is 5.30. The minimum atomic E-state index is -0.785. The molecule has 1 fully saturated rings. The summed E-state index contributed by atoms with van der Waals surface area (Å²) >= 11 is 3.24. The molecule has 1 N–H and O–H groups in total. The zero-order chi connectivity index (χ0) is 29.2. The third-order valence-corrected chi connectivity index (χ3v) is 9.12. The number of carbonyl (C=O) groups is 4. The van der Waals surface area contributed by atoms with Gasteiger partial charge in [-0.2, -0.15) is 0 Å². The summed E-state index contributed by atoms with van der Waals surface area (Å²) in [5, 5.41) is 10.3. The van der Waals surface area contributed by atoms with E-state index in [0.717, 1.165) is 11.1 Å². The Hall–Kier alpha value is -4.24. The predicted octanol–water partition coefficient (Wildman–Crippen LogP) is 5.02. The summed E-state index contributed by atoms with van der Waals surface area (Å²) in [6.45, 7) is 3.75. The van der Waals surface area contributed by atoms with Gasteiger partial charge < -0.3 is 14.6 Å². The van der Waals surface area contributed by atoms with Crippen LogP contribution in [0, 0.1) is 17.8 Å². The van der Waals surface area contributed by atoms with Crippen LogP contribution in [0.2, 0.25) is 0 Å². The number of nitrogens with zero attached hydrogens (tertiary/aromatic N) is 1. The van der Waals surface area contributed by atoms with Crippen molar-refractivity contribution >= 4 is 51.1 Å². The molecule has 1 saturated heterocycles. The molecule has 0 saturated carbocycles. The number of Topliss-reactive ketones (excluding diaryl/α,β-unsaturated/α-hetero) is 1. The molecule has 2 aromatic carbocycles. The molecule has 208 valence electrons. The van der Waals surface area contributed by atoms with Crippen LogP contribution in [0.15, 0.2) is 76.3 Å². The standard InChI is InChI=1S/C32H26BrNO7/c1-4-15-5-7-16(8-6-15)34-31(38)19-10-9-18-20(26(19)32(34)39)13-21-27(23(36)14-22(33)30(21)37)28(18)29-24(40-2)11-17(35)12-25(29)41-3/h4-9,11-12,14,19-20,26,28,35H,1,10,13H2,2-3H3. The molecule has 2 aromatic rings. The summed E-state index contributed by atoms with van der Waals surface area (Å²) in [6, 6.07) is 9.88. The van der Waals surface area contributed by atoms with Gasteiger partial charge in [-0.05, 0) is 52.4 Å². The smallest absolute Gasteiger partial charge is 0.238 e. The van der Waals surface area contributed by atoms with Crippen LogP contribution in [-0.4, -0.2) is 42.7 Å². The maximum absolute atomic E-state index is 14.1. The normalized spacial score (nSPS) is 25.3. The van der Waals surface area contributed by atoms with E-state index in [4.69, 9.17) is 9.47 Å². The number of anilines is 1. The van der Waals surface area contributed by atoms with Crippen LogP contribution >= 0.6 is 15.9 Å². The quantitative estimate of drug-likeness (QED) is 0.286. The van der Waals surface area contributed by atoms with Crippen LogP contribution in [0.5, 0.6) is 17.2 Å². The number of benzene rings is 2. The van der Waals surface area contributed by atoms with Gasteiger partial charge in [0.1, 0.15) is 17.2 Å². The third kappa shape index (κ3) is 4.01. The summed E-state index contributed by atoms with van der Waals surface area (Å²) in [5.74, 6) is -3.48. The summed E-state index contributed by atoms with van der Waals surface area (Å²) in [4.78, 5) is 56.0. The number of aromatic hydroxyl groups is 1. The molecule has 4 unspecified atom stereocenters. The van der Waals surface area contributed by atoms with Crippen molar-refractivity contribution in [3.8, 4) is 17.2 Å². The van der Waals surface area contributed by atoms with Gasteiger partial charge in [-0.15, -0.1) is 0 Å². The van der Waals surface area contributed by atoms with Crippen molar-refractivity contribution in [1.82, 2.24) is 0 Å². The molecule has 9 heteroatoms.